The maximum atomic E-state index is 12.3. The van der Waals surface area contributed by atoms with E-state index in [1.807, 2.05) is 37.9 Å². The summed E-state index contributed by atoms with van der Waals surface area (Å²) in [5.74, 6) is 6.47. The fourth-order valence-electron chi connectivity index (χ4n) is 4.79. The molecule has 0 saturated carbocycles. The van der Waals surface area contributed by atoms with Crippen LogP contribution in [0.25, 0.3) is 11.1 Å². The van der Waals surface area contributed by atoms with Gasteiger partial charge in [-0.1, -0.05) is 66.1 Å². The molecule has 39 heavy (non-hydrogen) atoms. The molecule has 1 saturated heterocycles. The lowest BCUT2D eigenvalue weighted by Crippen LogP contribution is -2.46. The van der Waals surface area contributed by atoms with E-state index in [4.69, 9.17) is 4.74 Å². The first-order valence-corrected chi connectivity index (χ1v) is 13.9. The van der Waals surface area contributed by atoms with Gasteiger partial charge in [-0.3, -0.25) is 4.90 Å². The van der Waals surface area contributed by atoms with Crippen molar-refractivity contribution in [3.63, 3.8) is 0 Å². The Balaban J connectivity index is 1.20. The fraction of sp³-hybridized carbons (Fsp3) is 0.412. The van der Waals surface area contributed by atoms with Gasteiger partial charge in [0, 0.05) is 43.9 Å². The van der Waals surface area contributed by atoms with Crippen LogP contribution in [0.3, 0.4) is 0 Å². The van der Waals surface area contributed by atoms with Crippen molar-refractivity contribution < 1.29 is 9.53 Å². The number of ether oxygens (including phenoxy) is 1. The average molecular weight is 524 g/mol. The van der Waals surface area contributed by atoms with Gasteiger partial charge in [0.15, 0.2) is 0 Å². The van der Waals surface area contributed by atoms with Crippen LogP contribution in [-0.2, 0) is 17.7 Å². The number of aryl methyl sites for hydroxylation is 2. The van der Waals surface area contributed by atoms with E-state index in [0.717, 1.165) is 56.6 Å². The predicted molar refractivity (Wildman–Crippen MR) is 158 cm³/mol. The monoisotopic (exact) mass is 523 g/mol. The lowest BCUT2D eigenvalue weighted by molar-refractivity contribution is 0.0153. The molecule has 1 aliphatic heterocycles. The number of aromatic nitrogens is 1. The number of carbonyl (C=O) groups excluding carboxylic acids is 1. The highest BCUT2D eigenvalue weighted by Gasteiger charge is 2.28. The topological polar surface area (TPSA) is 45.7 Å². The fourth-order valence-corrected chi connectivity index (χ4v) is 4.79. The average Bonchev–Trinajstić information content (AvgIpc) is 2.92. The second-order valence-corrected chi connectivity index (χ2v) is 11.5. The smallest absolute Gasteiger partial charge is 0.410 e. The van der Waals surface area contributed by atoms with Crippen molar-refractivity contribution in [2.24, 2.45) is 0 Å². The zero-order chi connectivity index (χ0) is 27.8. The lowest BCUT2D eigenvalue weighted by atomic mass is 10.0. The molecule has 0 N–H and O–H groups in total. The highest BCUT2D eigenvalue weighted by atomic mass is 16.6. The van der Waals surface area contributed by atoms with Crippen molar-refractivity contribution in [3.8, 4) is 23.0 Å². The molecule has 2 heterocycles. The molecule has 0 bridgehead atoms. The molecular formula is C34H41N3O2. The molecule has 1 aromatic heterocycles. The molecule has 0 aliphatic carbocycles. The van der Waals surface area contributed by atoms with E-state index >= 15 is 0 Å². The normalized spacial score (nSPS) is 14.2. The zero-order valence-corrected chi connectivity index (χ0v) is 24.0. The molecule has 0 radical (unpaired) electrons. The van der Waals surface area contributed by atoms with Crippen molar-refractivity contribution in [3.05, 3.63) is 89.2 Å². The maximum Gasteiger partial charge on any atom is 0.410 e. The van der Waals surface area contributed by atoms with E-state index in [0.29, 0.717) is 6.04 Å². The van der Waals surface area contributed by atoms with Gasteiger partial charge in [-0.2, -0.15) is 0 Å². The molecule has 1 fully saturated rings. The van der Waals surface area contributed by atoms with Crippen LogP contribution in [0.5, 0.6) is 0 Å². The van der Waals surface area contributed by atoms with Gasteiger partial charge in [0.05, 0.1) is 0 Å². The summed E-state index contributed by atoms with van der Waals surface area (Å²) in [6.45, 7) is 10.2. The van der Waals surface area contributed by atoms with Crippen LogP contribution >= 0.6 is 0 Å². The zero-order valence-electron chi connectivity index (χ0n) is 24.0. The number of piperidine rings is 1. The van der Waals surface area contributed by atoms with Crippen molar-refractivity contribution in [2.75, 3.05) is 20.1 Å². The van der Waals surface area contributed by atoms with Gasteiger partial charge in [-0.25, -0.2) is 9.78 Å². The first-order chi connectivity index (χ1) is 18.7. The lowest BCUT2D eigenvalue weighted by Gasteiger charge is -2.37. The summed E-state index contributed by atoms with van der Waals surface area (Å²) in [6.07, 6.45) is 5.36. The molecule has 1 amide bonds. The summed E-state index contributed by atoms with van der Waals surface area (Å²) < 4.78 is 5.52. The molecule has 0 atom stereocenters. The molecule has 2 aromatic carbocycles. The predicted octanol–water partition coefficient (Wildman–Crippen LogP) is 6.87. The van der Waals surface area contributed by atoms with Gasteiger partial charge in [0.1, 0.15) is 11.3 Å². The molecule has 5 heteroatoms. The van der Waals surface area contributed by atoms with Gasteiger partial charge >= 0.3 is 6.09 Å². The number of hydrogen-bond acceptors (Lipinski definition) is 4. The van der Waals surface area contributed by atoms with E-state index in [1.54, 1.807) is 0 Å². The van der Waals surface area contributed by atoms with Gasteiger partial charge in [0.2, 0.25) is 0 Å². The number of nitrogens with zero attached hydrogens (tertiary/aromatic N) is 3. The number of benzene rings is 2. The van der Waals surface area contributed by atoms with Crippen molar-refractivity contribution in [1.29, 1.82) is 0 Å². The van der Waals surface area contributed by atoms with E-state index in [2.05, 4.69) is 90.3 Å². The summed E-state index contributed by atoms with van der Waals surface area (Å²) in [5.41, 5.74) is 6.49. The Labute approximate surface area is 234 Å². The van der Waals surface area contributed by atoms with Gasteiger partial charge in [-0.15, -0.1) is 0 Å². The van der Waals surface area contributed by atoms with Crippen LogP contribution in [0.15, 0.2) is 66.9 Å². The Morgan fingerprint density at radius 2 is 1.62 bits per heavy atom. The Morgan fingerprint density at radius 3 is 2.23 bits per heavy atom. The quantitative estimate of drug-likeness (QED) is 0.331. The van der Waals surface area contributed by atoms with Crippen LogP contribution in [0, 0.1) is 18.8 Å². The largest absolute Gasteiger partial charge is 0.444 e. The van der Waals surface area contributed by atoms with Crippen molar-refractivity contribution in [2.45, 2.75) is 71.6 Å². The van der Waals surface area contributed by atoms with Crippen molar-refractivity contribution >= 4 is 6.09 Å². The second-order valence-electron chi connectivity index (χ2n) is 11.5. The molecule has 3 aromatic rings. The third-order valence-corrected chi connectivity index (χ3v) is 7.10. The Bertz CT molecular complexity index is 1270. The number of carbonyl (C=O) groups is 1. The highest BCUT2D eigenvalue weighted by Crippen LogP contribution is 2.21. The van der Waals surface area contributed by atoms with Crippen molar-refractivity contribution in [1.82, 2.24) is 14.8 Å². The molecule has 4 rings (SSSR count). The second kappa shape index (κ2) is 13.0. The summed E-state index contributed by atoms with van der Waals surface area (Å²) in [5, 5.41) is 0. The number of hydrogen-bond donors (Lipinski definition) is 0. The number of pyridine rings is 1. The third-order valence-electron chi connectivity index (χ3n) is 7.10. The number of amides is 1. The maximum absolute atomic E-state index is 12.3. The minimum atomic E-state index is -0.449. The van der Waals surface area contributed by atoms with Crippen LogP contribution < -0.4 is 0 Å². The highest BCUT2D eigenvalue weighted by molar-refractivity contribution is 5.68. The van der Waals surface area contributed by atoms with Crippen LogP contribution in [0.4, 0.5) is 4.79 Å². The third kappa shape index (κ3) is 8.70. The van der Waals surface area contributed by atoms with E-state index in [-0.39, 0.29) is 6.09 Å². The van der Waals surface area contributed by atoms with E-state index < -0.39 is 5.60 Å². The number of rotatable bonds is 6. The summed E-state index contributed by atoms with van der Waals surface area (Å²) >= 11 is 0. The Morgan fingerprint density at radius 1 is 0.974 bits per heavy atom. The Kier molecular flexibility index (Phi) is 9.43. The standard InChI is InChI=1S/C34H41N3O2/c1-26-10-16-29(17-11-26)30-18-19-31(35-24-30)9-7-6-8-27-12-14-28(15-13-27)25-36(5)32-20-22-37(23-21-32)33(38)39-34(2,3)4/h10-19,24,32H,6,8,20-23,25H2,1-5H3. The molecule has 1 aliphatic rings. The number of likely N-dealkylation sites (tertiary alicyclic amines) is 1. The van der Waals surface area contributed by atoms with Gasteiger partial charge in [-0.05, 0) is 82.7 Å². The van der Waals surface area contributed by atoms with Crippen LogP contribution in [0.1, 0.15) is 62.4 Å². The van der Waals surface area contributed by atoms with E-state index in [9.17, 15) is 4.79 Å². The minimum absolute atomic E-state index is 0.198. The van der Waals surface area contributed by atoms with Crippen LogP contribution in [-0.4, -0.2) is 52.7 Å². The molecule has 0 spiro atoms. The summed E-state index contributed by atoms with van der Waals surface area (Å²) in [6, 6.07) is 21.9. The molecule has 0 unspecified atom stereocenters. The molecular weight excluding hydrogens is 482 g/mol. The summed E-state index contributed by atoms with van der Waals surface area (Å²) in [7, 11) is 2.18. The van der Waals surface area contributed by atoms with E-state index in [1.165, 1.54) is 22.3 Å². The SMILES string of the molecule is Cc1ccc(-c2ccc(C#CCCc3ccc(CN(C)C4CCN(C(=O)OC(C)(C)C)CC4)cc3)nc2)cc1. The first-order valence-electron chi connectivity index (χ1n) is 13.9. The Hall–Kier alpha value is -3.62. The minimum Gasteiger partial charge on any atom is -0.444 e. The van der Waals surface area contributed by atoms with Gasteiger partial charge < -0.3 is 9.64 Å². The van der Waals surface area contributed by atoms with Gasteiger partial charge in [0.25, 0.3) is 0 Å². The van der Waals surface area contributed by atoms with Crippen LogP contribution in [0.2, 0.25) is 0 Å². The first kappa shape index (κ1) is 28.4. The summed E-state index contributed by atoms with van der Waals surface area (Å²) in [4.78, 5) is 21.1. The molecule has 204 valence electrons. The molecule has 5 nitrogen and oxygen atoms in total.